The molecule has 0 atom stereocenters. The third kappa shape index (κ3) is 5.50. The van der Waals surface area contributed by atoms with Crippen LogP contribution in [0.1, 0.15) is 24.2 Å². The molecule has 0 spiro atoms. The number of methoxy groups -OCH3 is 1. The van der Waals surface area contributed by atoms with E-state index in [4.69, 9.17) is 0 Å². The molecule has 24 heavy (non-hydrogen) atoms. The Balaban J connectivity index is 2.03. The van der Waals surface area contributed by atoms with Crippen LogP contribution in [-0.4, -0.2) is 40.2 Å². The number of hydrogen-bond donors (Lipinski definition) is 1. The standard InChI is InChI=1S/C15H17N3O3S3/c1-9(2)23-11-7-5-4-6-10(11)13(20)16-14-17-18-15(24-14)22-8-12(19)21-3/h4-7,9H,8H2,1-3H3,(H,16,17,20). The number of hydrogen-bond acceptors (Lipinski definition) is 8. The summed E-state index contributed by atoms with van der Waals surface area (Å²) in [5.74, 6) is -0.396. The molecular weight excluding hydrogens is 366 g/mol. The SMILES string of the molecule is COC(=O)CSc1nnc(NC(=O)c2ccccc2SC(C)C)s1. The van der Waals surface area contributed by atoms with Crippen LogP contribution < -0.4 is 5.32 Å². The van der Waals surface area contributed by atoms with Crippen molar-refractivity contribution in [3.63, 3.8) is 0 Å². The molecule has 2 aromatic rings. The second-order valence-corrected chi connectivity index (χ2v) is 8.67. The zero-order chi connectivity index (χ0) is 17.5. The molecule has 1 N–H and O–H groups in total. The normalized spacial score (nSPS) is 10.7. The Morgan fingerprint density at radius 3 is 2.75 bits per heavy atom. The third-order valence-electron chi connectivity index (χ3n) is 2.66. The number of aromatic nitrogens is 2. The molecule has 0 aliphatic rings. The Morgan fingerprint density at radius 1 is 1.29 bits per heavy atom. The monoisotopic (exact) mass is 383 g/mol. The molecule has 0 aliphatic heterocycles. The molecule has 1 aromatic heterocycles. The Labute approximate surface area is 152 Å². The van der Waals surface area contributed by atoms with Gasteiger partial charge in [-0.2, -0.15) is 0 Å². The van der Waals surface area contributed by atoms with Crippen molar-refractivity contribution in [3.8, 4) is 0 Å². The maximum Gasteiger partial charge on any atom is 0.316 e. The van der Waals surface area contributed by atoms with E-state index < -0.39 is 0 Å². The number of benzene rings is 1. The molecule has 0 saturated heterocycles. The molecule has 0 aliphatic carbocycles. The maximum absolute atomic E-state index is 12.5. The summed E-state index contributed by atoms with van der Waals surface area (Å²) < 4.78 is 5.17. The first-order valence-corrected chi connectivity index (χ1v) is 9.78. The molecular formula is C15H17N3O3S3. The molecule has 0 saturated carbocycles. The van der Waals surface area contributed by atoms with Crippen LogP contribution in [0.25, 0.3) is 0 Å². The largest absolute Gasteiger partial charge is 0.468 e. The van der Waals surface area contributed by atoms with Crippen LogP contribution in [0.3, 0.4) is 0 Å². The van der Waals surface area contributed by atoms with Gasteiger partial charge in [-0.15, -0.1) is 22.0 Å². The molecule has 128 valence electrons. The van der Waals surface area contributed by atoms with Crippen LogP contribution in [0, 0.1) is 0 Å². The molecule has 1 heterocycles. The topological polar surface area (TPSA) is 81.2 Å². The minimum Gasteiger partial charge on any atom is -0.468 e. The van der Waals surface area contributed by atoms with Gasteiger partial charge in [0.1, 0.15) is 0 Å². The molecule has 9 heteroatoms. The Bertz CT molecular complexity index is 719. The number of carbonyl (C=O) groups is 2. The van der Waals surface area contributed by atoms with Gasteiger partial charge in [0.2, 0.25) is 5.13 Å². The number of nitrogens with one attached hydrogen (secondary N) is 1. The Kier molecular flexibility index (Phi) is 7.07. The average molecular weight is 384 g/mol. The van der Waals surface area contributed by atoms with E-state index in [0.717, 1.165) is 4.90 Å². The first-order chi connectivity index (χ1) is 11.5. The minimum absolute atomic E-state index is 0.160. The quantitative estimate of drug-likeness (QED) is 0.445. The van der Waals surface area contributed by atoms with Crippen molar-refractivity contribution in [2.24, 2.45) is 0 Å². The first-order valence-electron chi connectivity index (χ1n) is 7.09. The number of ether oxygens (including phenoxy) is 1. The lowest BCUT2D eigenvalue weighted by molar-refractivity contribution is -0.137. The summed E-state index contributed by atoms with van der Waals surface area (Å²) >= 11 is 4.08. The van der Waals surface area contributed by atoms with E-state index in [0.29, 0.717) is 20.3 Å². The number of esters is 1. The van der Waals surface area contributed by atoms with Gasteiger partial charge in [-0.25, -0.2) is 0 Å². The molecule has 0 fully saturated rings. The van der Waals surface area contributed by atoms with Gasteiger partial charge in [-0.3, -0.25) is 14.9 Å². The van der Waals surface area contributed by atoms with Crippen molar-refractivity contribution in [3.05, 3.63) is 29.8 Å². The van der Waals surface area contributed by atoms with Crippen LogP contribution in [0.5, 0.6) is 0 Å². The van der Waals surface area contributed by atoms with Crippen molar-refractivity contribution in [2.75, 3.05) is 18.2 Å². The Morgan fingerprint density at radius 2 is 2.04 bits per heavy atom. The molecule has 1 amide bonds. The summed E-state index contributed by atoms with van der Waals surface area (Å²) in [7, 11) is 1.33. The summed E-state index contributed by atoms with van der Waals surface area (Å²) in [5.41, 5.74) is 0.607. The van der Waals surface area contributed by atoms with Crippen LogP contribution in [0.15, 0.2) is 33.5 Å². The van der Waals surface area contributed by atoms with Crippen molar-refractivity contribution in [1.82, 2.24) is 10.2 Å². The van der Waals surface area contributed by atoms with Gasteiger partial charge in [0.25, 0.3) is 5.91 Å². The summed E-state index contributed by atoms with van der Waals surface area (Å²) in [6.07, 6.45) is 0. The molecule has 0 bridgehead atoms. The highest BCUT2D eigenvalue weighted by atomic mass is 32.2. The summed E-state index contributed by atoms with van der Waals surface area (Å²) in [6, 6.07) is 7.45. The predicted octanol–water partition coefficient (Wildman–Crippen LogP) is 3.56. The van der Waals surface area contributed by atoms with Crippen LogP contribution in [-0.2, 0) is 9.53 Å². The van der Waals surface area contributed by atoms with Crippen molar-refractivity contribution in [2.45, 2.75) is 28.3 Å². The summed E-state index contributed by atoms with van der Waals surface area (Å²) in [6.45, 7) is 4.16. The van der Waals surface area contributed by atoms with Crippen LogP contribution in [0.2, 0.25) is 0 Å². The molecule has 0 radical (unpaired) electrons. The number of amides is 1. The van der Waals surface area contributed by atoms with E-state index in [1.165, 1.54) is 30.2 Å². The fraction of sp³-hybridized carbons (Fsp3) is 0.333. The fourth-order valence-corrected chi connectivity index (χ4v) is 4.21. The third-order valence-corrected chi connectivity index (χ3v) is 5.69. The van der Waals surface area contributed by atoms with Gasteiger partial charge in [0, 0.05) is 10.1 Å². The highest BCUT2D eigenvalue weighted by Gasteiger charge is 2.15. The Hall–Kier alpha value is -1.58. The number of rotatable bonds is 7. The van der Waals surface area contributed by atoms with E-state index in [-0.39, 0.29) is 17.6 Å². The lowest BCUT2D eigenvalue weighted by atomic mass is 10.2. The van der Waals surface area contributed by atoms with E-state index in [9.17, 15) is 9.59 Å². The minimum atomic E-state index is -0.333. The van der Waals surface area contributed by atoms with Crippen LogP contribution >= 0.6 is 34.9 Å². The summed E-state index contributed by atoms with van der Waals surface area (Å²) in [4.78, 5) is 24.5. The zero-order valence-electron chi connectivity index (χ0n) is 13.4. The van der Waals surface area contributed by atoms with E-state index in [1.807, 2.05) is 18.2 Å². The second kappa shape index (κ2) is 9.05. The van der Waals surface area contributed by atoms with Gasteiger partial charge >= 0.3 is 5.97 Å². The van der Waals surface area contributed by atoms with Crippen molar-refractivity contribution >= 4 is 51.9 Å². The van der Waals surface area contributed by atoms with Crippen LogP contribution in [0.4, 0.5) is 5.13 Å². The predicted molar refractivity (Wildman–Crippen MR) is 98.0 cm³/mol. The van der Waals surface area contributed by atoms with E-state index in [1.54, 1.807) is 17.8 Å². The highest BCUT2D eigenvalue weighted by Crippen LogP contribution is 2.29. The van der Waals surface area contributed by atoms with Gasteiger partial charge in [0.15, 0.2) is 4.34 Å². The second-order valence-electron chi connectivity index (χ2n) is 4.85. The smallest absolute Gasteiger partial charge is 0.316 e. The number of carbonyl (C=O) groups excluding carboxylic acids is 2. The highest BCUT2D eigenvalue weighted by molar-refractivity contribution is 8.01. The van der Waals surface area contributed by atoms with Gasteiger partial charge in [0.05, 0.1) is 18.4 Å². The van der Waals surface area contributed by atoms with Crippen molar-refractivity contribution in [1.29, 1.82) is 0 Å². The summed E-state index contributed by atoms with van der Waals surface area (Å²) in [5, 5.41) is 11.4. The molecule has 1 aromatic carbocycles. The average Bonchev–Trinajstić information content (AvgIpc) is 2.99. The number of thioether (sulfide) groups is 2. The lowest BCUT2D eigenvalue weighted by Gasteiger charge is -2.10. The van der Waals surface area contributed by atoms with E-state index in [2.05, 4.69) is 34.1 Å². The van der Waals surface area contributed by atoms with Gasteiger partial charge in [-0.05, 0) is 12.1 Å². The molecule has 6 nitrogen and oxygen atoms in total. The maximum atomic E-state index is 12.5. The van der Waals surface area contributed by atoms with E-state index >= 15 is 0 Å². The van der Waals surface area contributed by atoms with Gasteiger partial charge < -0.3 is 4.74 Å². The molecule has 0 unspecified atom stereocenters. The fourth-order valence-electron chi connectivity index (χ4n) is 1.67. The lowest BCUT2D eigenvalue weighted by Crippen LogP contribution is -2.13. The zero-order valence-corrected chi connectivity index (χ0v) is 15.9. The van der Waals surface area contributed by atoms with Crippen molar-refractivity contribution < 1.29 is 14.3 Å². The molecule has 2 rings (SSSR count). The van der Waals surface area contributed by atoms with Gasteiger partial charge in [-0.1, -0.05) is 49.1 Å². The number of anilines is 1. The first kappa shape index (κ1) is 18.8. The number of nitrogens with zero attached hydrogens (tertiary/aromatic N) is 2.